The number of aromatic nitrogens is 3. The Labute approximate surface area is 124 Å². The van der Waals surface area contributed by atoms with Crippen molar-refractivity contribution in [3.63, 3.8) is 0 Å². The molecule has 0 saturated carbocycles. The van der Waals surface area contributed by atoms with Gasteiger partial charge < -0.3 is 15.2 Å². The summed E-state index contributed by atoms with van der Waals surface area (Å²) in [6.45, 7) is 6.33. The minimum Gasteiger partial charge on any atom is -0.392 e. The average molecular weight is 290 g/mol. The molecular weight excluding hydrogens is 268 g/mol. The van der Waals surface area contributed by atoms with Gasteiger partial charge in [0.15, 0.2) is 5.65 Å². The van der Waals surface area contributed by atoms with Crippen LogP contribution in [0, 0.1) is 6.92 Å². The van der Waals surface area contributed by atoms with Gasteiger partial charge in [0.05, 0.1) is 23.9 Å². The summed E-state index contributed by atoms with van der Waals surface area (Å²) in [6, 6.07) is 0.374. The Bertz CT molecular complexity index is 632. The Morgan fingerprint density at radius 3 is 2.86 bits per heavy atom. The van der Waals surface area contributed by atoms with Crippen LogP contribution in [0.1, 0.15) is 31.0 Å². The number of anilines is 1. The van der Waals surface area contributed by atoms with Crippen LogP contribution >= 0.6 is 0 Å². The number of ether oxygens (including phenoxy) is 1. The first-order chi connectivity index (χ1) is 10.2. The molecule has 3 rings (SSSR count). The number of rotatable bonds is 4. The first kappa shape index (κ1) is 14.3. The van der Waals surface area contributed by atoms with Gasteiger partial charge in [-0.15, -0.1) is 0 Å². The zero-order chi connectivity index (χ0) is 14.8. The highest BCUT2D eigenvalue weighted by atomic mass is 16.5. The van der Waals surface area contributed by atoms with Gasteiger partial charge in [-0.2, -0.15) is 5.10 Å². The van der Waals surface area contributed by atoms with E-state index in [1.165, 1.54) is 0 Å². The fraction of sp³-hybridized carbons (Fsp3) is 0.600. The second kappa shape index (κ2) is 5.99. The molecule has 1 saturated heterocycles. The molecule has 0 spiro atoms. The predicted octanol–water partition coefficient (Wildman–Crippen LogP) is 1.84. The van der Waals surface area contributed by atoms with Crippen molar-refractivity contribution < 1.29 is 9.84 Å². The fourth-order valence-corrected chi connectivity index (χ4v) is 2.88. The minimum atomic E-state index is -0.0162. The first-order valence-electron chi connectivity index (χ1n) is 7.54. The second-order valence-corrected chi connectivity index (χ2v) is 5.44. The normalized spacial score (nSPS) is 16.5. The molecule has 0 aliphatic carbocycles. The van der Waals surface area contributed by atoms with Gasteiger partial charge >= 0.3 is 0 Å². The van der Waals surface area contributed by atoms with E-state index in [1.807, 2.05) is 17.8 Å². The maximum atomic E-state index is 9.72. The minimum absolute atomic E-state index is 0.0162. The van der Waals surface area contributed by atoms with Gasteiger partial charge in [-0.3, -0.25) is 0 Å². The number of aliphatic hydroxyl groups is 1. The van der Waals surface area contributed by atoms with Crippen molar-refractivity contribution in [1.82, 2.24) is 14.8 Å². The van der Waals surface area contributed by atoms with Gasteiger partial charge in [-0.05, 0) is 26.7 Å². The third kappa shape index (κ3) is 2.61. The van der Waals surface area contributed by atoms with E-state index in [0.717, 1.165) is 60.6 Å². The monoisotopic (exact) mass is 290 g/mol. The molecule has 3 heterocycles. The van der Waals surface area contributed by atoms with Gasteiger partial charge in [0.2, 0.25) is 0 Å². The zero-order valence-electron chi connectivity index (χ0n) is 12.6. The van der Waals surface area contributed by atoms with Crippen molar-refractivity contribution in [2.45, 2.75) is 45.9 Å². The Kier molecular flexibility index (Phi) is 4.07. The van der Waals surface area contributed by atoms with Crippen LogP contribution in [0.3, 0.4) is 0 Å². The van der Waals surface area contributed by atoms with Gasteiger partial charge in [0.1, 0.15) is 0 Å². The average Bonchev–Trinajstić information content (AvgIpc) is 2.91. The fourth-order valence-electron chi connectivity index (χ4n) is 2.88. The number of hydrogen-bond acceptors (Lipinski definition) is 5. The summed E-state index contributed by atoms with van der Waals surface area (Å²) in [5.41, 5.74) is 3.58. The van der Waals surface area contributed by atoms with Gasteiger partial charge in [0.25, 0.3) is 0 Å². The molecule has 0 atom stereocenters. The summed E-state index contributed by atoms with van der Waals surface area (Å²) in [4.78, 5) is 4.61. The van der Waals surface area contributed by atoms with E-state index in [1.54, 1.807) is 0 Å². The Morgan fingerprint density at radius 2 is 2.19 bits per heavy atom. The molecule has 0 amide bonds. The lowest BCUT2D eigenvalue weighted by atomic mass is 10.1. The van der Waals surface area contributed by atoms with E-state index >= 15 is 0 Å². The molecule has 1 aliphatic rings. The van der Waals surface area contributed by atoms with Crippen molar-refractivity contribution in [2.75, 3.05) is 18.5 Å². The van der Waals surface area contributed by atoms with Crippen LogP contribution in [-0.4, -0.2) is 39.1 Å². The number of fused-ring (bicyclic) bond motifs is 1. The van der Waals surface area contributed by atoms with Crippen LogP contribution in [0.4, 0.5) is 5.69 Å². The summed E-state index contributed by atoms with van der Waals surface area (Å²) in [5.74, 6) is 0. The molecule has 1 fully saturated rings. The summed E-state index contributed by atoms with van der Waals surface area (Å²) >= 11 is 0. The Balaban J connectivity index is 2.06. The summed E-state index contributed by atoms with van der Waals surface area (Å²) in [5, 5.41) is 18.7. The third-order valence-corrected chi connectivity index (χ3v) is 4.12. The Morgan fingerprint density at radius 1 is 1.43 bits per heavy atom. The van der Waals surface area contributed by atoms with Crippen LogP contribution < -0.4 is 5.32 Å². The molecule has 0 unspecified atom stereocenters. The molecule has 0 radical (unpaired) electrons. The Hall–Kier alpha value is -1.66. The summed E-state index contributed by atoms with van der Waals surface area (Å²) in [7, 11) is 0. The summed E-state index contributed by atoms with van der Waals surface area (Å²) in [6.07, 6.45) is 3.80. The molecular formula is C15H22N4O2. The number of pyridine rings is 1. The molecule has 2 N–H and O–H groups in total. The molecule has 6 nitrogen and oxygen atoms in total. The van der Waals surface area contributed by atoms with E-state index < -0.39 is 0 Å². The first-order valence-corrected chi connectivity index (χ1v) is 7.54. The smallest absolute Gasteiger partial charge is 0.160 e. The van der Waals surface area contributed by atoms with Crippen molar-refractivity contribution in [3.05, 3.63) is 17.5 Å². The van der Waals surface area contributed by atoms with Crippen molar-refractivity contribution in [3.8, 4) is 0 Å². The molecule has 0 aromatic carbocycles. The second-order valence-electron chi connectivity index (χ2n) is 5.44. The molecule has 2 aromatic heterocycles. The van der Waals surface area contributed by atoms with Crippen molar-refractivity contribution >= 4 is 16.7 Å². The zero-order valence-corrected chi connectivity index (χ0v) is 12.6. The quantitative estimate of drug-likeness (QED) is 0.899. The van der Waals surface area contributed by atoms with Crippen LogP contribution in [0.2, 0.25) is 0 Å². The number of nitrogens with one attached hydrogen (secondary N) is 1. The van der Waals surface area contributed by atoms with Crippen molar-refractivity contribution in [1.29, 1.82) is 0 Å². The van der Waals surface area contributed by atoms with Crippen LogP contribution in [0.5, 0.6) is 0 Å². The van der Waals surface area contributed by atoms with Crippen LogP contribution in [0.15, 0.2) is 6.20 Å². The lowest BCUT2D eigenvalue weighted by Gasteiger charge is -2.26. The van der Waals surface area contributed by atoms with E-state index in [0.29, 0.717) is 6.04 Å². The molecule has 1 aliphatic heterocycles. The van der Waals surface area contributed by atoms with E-state index in [-0.39, 0.29) is 6.61 Å². The number of hydrogen-bond donors (Lipinski definition) is 2. The van der Waals surface area contributed by atoms with Gasteiger partial charge in [-0.25, -0.2) is 9.67 Å². The van der Waals surface area contributed by atoms with E-state index in [2.05, 4.69) is 22.3 Å². The third-order valence-electron chi connectivity index (χ3n) is 4.12. The highest BCUT2D eigenvalue weighted by molar-refractivity contribution is 5.91. The lowest BCUT2D eigenvalue weighted by Crippen LogP contribution is -2.28. The maximum absolute atomic E-state index is 9.72. The van der Waals surface area contributed by atoms with Crippen LogP contribution in [0.25, 0.3) is 11.0 Å². The van der Waals surface area contributed by atoms with Crippen molar-refractivity contribution in [2.24, 2.45) is 0 Å². The SMILES string of the molecule is CCn1ncc2c(NC3CCOCC3)c(CO)c(C)nc21. The van der Waals surface area contributed by atoms with E-state index in [4.69, 9.17) is 4.74 Å². The molecule has 0 bridgehead atoms. The highest BCUT2D eigenvalue weighted by Gasteiger charge is 2.20. The largest absolute Gasteiger partial charge is 0.392 e. The number of nitrogens with zero attached hydrogens (tertiary/aromatic N) is 3. The summed E-state index contributed by atoms with van der Waals surface area (Å²) < 4.78 is 7.30. The predicted molar refractivity (Wildman–Crippen MR) is 81.3 cm³/mol. The molecule has 6 heteroatoms. The maximum Gasteiger partial charge on any atom is 0.160 e. The number of aliphatic hydroxyl groups excluding tert-OH is 1. The van der Waals surface area contributed by atoms with E-state index in [9.17, 15) is 5.11 Å². The highest BCUT2D eigenvalue weighted by Crippen LogP contribution is 2.30. The molecule has 2 aromatic rings. The van der Waals surface area contributed by atoms with Gasteiger partial charge in [0, 0.05) is 37.1 Å². The van der Waals surface area contributed by atoms with Gasteiger partial charge in [-0.1, -0.05) is 0 Å². The molecule has 114 valence electrons. The van der Waals surface area contributed by atoms with Crippen LogP contribution in [-0.2, 0) is 17.9 Å². The number of aryl methyl sites for hydroxylation is 2. The topological polar surface area (TPSA) is 72.2 Å². The molecule has 21 heavy (non-hydrogen) atoms. The lowest BCUT2D eigenvalue weighted by molar-refractivity contribution is 0.0904. The standard InChI is InChI=1S/C15H22N4O2/c1-3-19-15-12(8-16-19)14(13(9-20)10(2)17-15)18-11-4-6-21-7-5-11/h8,11,20H,3-7,9H2,1-2H3,(H,17,18).